The Morgan fingerprint density at radius 3 is 2.46 bits per heavy atom. The summed E-state index contributed by atoms with van der Waals surface area (Å²) in [5.41, 5.74) is 3.67. The number of carbonyl (C=O) groups excluding carboxylic acids is 1. The first-order valence-electron chi connectivity index (χ1n) is 11.3. The number of rotatable bonds is 9. The number of nitrogens with zero attached hydrogens (tertiary/aromatic N) is 4. The number of hydrogen-bond donors (Lipinski definition) is 2. The molecule has 2 aromatic heterocycles. The fraction of sp³-hybridized carbons (Fsp3) is 0.179. The average molecular weight is 518 g/mol. The second-order valence-corrected chi connectivity index (χ2v) is 8.21. The van der Waals surface area contributed by atoms with E-state index in [9.17, 15) is 0 Å². The van der Waals surface area contributed by atoms with E-state index < -0.39 is 0 Å². The molecule has 0 saturated heterocycles. The predicted octanol–water partition coefficient (Wildman–Crippen LogP) is 5.71. The normalized spacial score (nSPS) is 10.7. The van der Waals surface area contributed by atoms with E-state index in [1.807, 2.05) is 55.3 Å². The van der Waals surface area contributed by atoms with Crippen molar-refractivity contribution in [1.82, 2.24) is 15.0 Å². The smallest absolute Gasteiger partial charge is 0.163 e. The molecule has 0 fully saturated rings. The topological polar surface area (TPSA) is 110 Å². The molecule has 9 heteroatoms. The van der Waals surface area contributed by atoms with E-state index in [0.29, 0.717) is 11.7 Å². The van der Waals surface area contributed by atoms with Crippen molar-refractivity contribution in [2.75, 3.05) is 25.4 Å². The zero-order valence-corrected chi connectivity index (χ0v) is 22.0. The van der Waals surface area contributed by atoms with E-state index in [4.69, 9.17) is 24.6 Å². The average Bonchev–Trinajstić information content (AvgIpc) is 2.99. The fourth-order valence-electron chi connectivity index (χ4n) is 3.46. The van der Waals surface area contributed by atoms with Gasteiger partial charge in [0, 0.05) is 40.9 Å². The molecule has 37 heavy (non-hydrogen) atoms. The molecular weight excluding hydrogens is 486 g/mol. The number of aliphatic hydroxyl groups is 1. The van der Waals surface area contributed by atoms with Crippen molar-refractivity contribution < 1.29 is 14.6 Å². The Morgan fingerprint density at radius 2 is 1.84 bits per heavy atom. The number of ether oxygens (including phenoxy) is 1. The van der Waals surface area contributed by atoms with Gasteiger partial charge in [0.15, 0.2) is 5.82 Å². The molecular formula is C28H31N5O3S. The standard InChI is InChI=1S/C26H25N5OS.CH4O.CH2O/c1-4-23(24(27-2)18-9-6-5-7-10-18)33-17-29-26-21-15-20(32-3)12-13-22(21)30-25(31-26)19-11-8-14-28-16-19;2*1-2/h5-16H,2,4,17H2,1,3H3,(H,29,30,31);2H,1H3;1H2/b24-23-;;. The van der Waals surface area contributed by atoms with Crippen molar-refractivity contribution in [3.05, 3.63) is 83.5 Å². The molecule has 0 aliphatic heterocycles. The van der Waals surface area contributed by atoms with Crippen LogP contribution >= 0.6 is 11.8 Å². The van der Waals surface area contributed by atoms with E-state index in [2.05, 4.69) is 41.1 Å². The lowest BCUT2D eigenvalue weighted by Crippen LogP contribution is -2.04. The van der Waals surface area contributed by atoms with Gasteiger partial charge in [0.05, 0.1) is 24.2 Å². The van der Waals surface area contributed by atoms with E-state index in [0.717, 1.165) is 57.7 Å². The van der Waals surface area contributed by atoms with Crippen molar-refractivity contribution in [3.63, 3.8) is 0 Å². The minimum absolute atomic E-state index is 0.616. The SMILES string of the molecule is C=N/C(=C(/CC)SCNc1nc(-c2cccnc2)nc2ccc(OC)cc12)c1ccccc1.C=O.CO. The number of fused-ring (bicyclic) bond motifs is 1. The monoisotopic (exact) mass is 517 g/mol. The Kier molecular flexibility index (Phi) is 12.5. The number of methoxy groups -OCH3 is 1. The Morgan fingerprint density at radius 1 is 1.08 bits per heavy atom. The minimum atomic E-state index is 0.616. The zero-order valence-electron chi connectivity index (χ0n) is 21.2. The number of carbonyl (C=O) groups is 1. The highest BCUT2D eigenvalue weighted by molar-refractivity contribution is 8.03. The van der Waals surface area contributed by atoms with E-state index >= 15 is 0 Å². The number of thioether (sulfide) groups is 1. The van der Waals surface area contributed by atoms with Crippen molar-refractivity contribution in [2.24, 2.45) is 4.99 Å². The van der Waals surface area contributed by atoms with Crippen LogP contribution in [0.5, 0.6) is 5.75 Å². The van der Waals surface area contributed by atoms with Gasteiger partial charge >= 0.3 is 0 Å². The summed E-state index contributed by atoms with van der Waals surface area (Å²) in [6.07, 6.45) is 4.36. The van der Waals surface area contributed by atoms with Crippen LogP contribution < -0.4 is 10.1 Å². The number of nitrogens with one attached hydrogen (secondary N) is 1. The lowest BCUT2D eigenvalue weighted by molar-refractivity contribution is -0.0979. The maximum Gasteiger partial charge on any atom is 0.163 e. The number of hydrogen-bond acceptors (Lipinski definition) is 9. The van der Waals surface area contributed by atoms with E-state index in [-0.39, 0.29) is 0 Å². The van der Waals surface area contributed by atoms with Crippen LogP contribution in [0.3, 0.4) is 0 Å². The van der Waals surface area contributed by atoms with Gasteiger partial charge in [0.2, 0.25) is 0 Å². The summed E-state index contributed by atoms with van der Waals surface area (Å²) in [6.45, 7) is 7.92. The van der Waals surface area contributed by atoms with Gasteiger partial charge in [-0.2, -0.15) is 0 Å². The number of anilines is 1. The lowest BCUT2D eigenvalue weighted by Gasteiger charge is -2.14. The molecule has 0 saturated carbocycles. The summed E-state index contributed by atoms with van der Waals surface area (Å²) >= 11 is 1.69. The van der Waals surface area contributed by atoms with Crippen LogP contribution in [0.25, 0.3) is 28.0 Å². The molecule has 0 amide bonds. The molecule has 4 rings (SSSR count). The molecule has 0 radical (unpaired) electrons. The molecule has 2 N–H and O–H groups in total. The first-order valence-corrected chi connectivity index (χ1v) is 12.3. The molecule has 0 atom stereocenters. The molecule has 8 nitrogen and oxygen atoms in total. The van der Waals surface area contributed by atoms with Crippen LogP contribution in [-0.4, -0.2) is 53.7 Å². The largest absolute Gasteiger partial charge is 0.497 e. The minimum Gasteiger partial charge on any atom is -0.497 e. The van der Waals surface area contributed by atoms with Crippen LogP contribution in [0.2, 0.25) is 0 Å². The van der Waals surface area contributed by atoms with Crippen LogP contribution in [0, 0.1) is 0 Å². The van der Waals surface area contributed by atoms with Gasteiger partial charge in [-0.3, -0.25) is 9.98 Å². The van der Waals surface area contributed by atoms with E-state index in [1.165, 1.54) is 0 Å². The van der Waals surface area contributed by atoms with Crippen LogP contribution in [0.4, 0.5) is 5.82 Å². The van der Waals surface area contributed by atoms with Gasteiger partial charge < -0.3 is 20.0 Å². The molecule has 0 unspecified atom stereocenters. The number of aromatic nitrogens is 3. The molecule has 0 aliphatic carbocycles. The van der Waals surface area contributed by atoms with Crippen molar-refractivity contribution in [2.45, 2.75) is 13.3 Å². The second kappa shape index (κ2) is 15.8. The second-order valence-electron chi connectivity index (χ2n) is 7.14. The number of allylic oxidation sites excluding steroid dienone is 1. The molecule has 2 heterocycles. The van der Waals surface area contributed by atoms with Gasteiger partial charge in [-0.25, -0.2) is 9.97 Å². The Labute approximate surface area is 221 Å². The Hall–Kier alpha value is -4.08. The van der Waals surface area contributed by atoms with Crippen molar-refractivity contribution >= 4 is 47.7 Å². The first-order chi connectivity index (χ1) is 18.2. The molecule has 192 valence electrons. The third-order valence-electron chi connectivity index (χ3n) is 5.10. The molecule has 0 spiro atoms. The zero-order chi connectivity index (χ0) is 27.0. The van der Waals surface area contributed by atoms with Gasteiger partial charge in [-0.15, -0.1) is 11.8 Å². The summed E-state index contributed by atoms with van der Waals surface area (Å²) in [5, 5.41) is 11.4. The fourth-order valence-corrected chi connectivity index (χ4v) is 4.37. The van der Waals surface area contributed by atoms with E-state index in [1.54, 1.807) is 31.3 Å². The highest BCUT2D eigenvalue weighted by atomic mass is 32.2. The lowest BCUT2D eigenvalue weighted by atomic mass is 10.1. The molecule has 0 bridgehead atoms. The maximum atomic E-state index is 8.00. The molecule has 0 aliphatic rings. The molecule has 2 aromatic carbocycles. The third-order valence-corrected chi connectivity index (χ3v) is 6.22. The first kappa shape index (κ1) is 29.2. The third kappa shape index (κ3) is 7.70. The summed E-state index contributed by atoms with van der Waals surface area (Å²) in [7, 11) is 2.65. The predicted molar refractivity (Wildman–Crippen MR) is 154 cm³/mol. The summed E-state index contributed by atoms with van der Waals surface area (Å²) in [5.74, 6) is 2.74. The quantitative estimate of drug-likeness (QED) is 0.215. The summed E-state index contributed by atoms with van der Waals surface area (Å²) in [6, 6.07) is 19.8. The van der Waals surface area contributed by atoms with Crippen LogP contribution in [-0.2, 0) is 4.79 Å². The molecule has 4 aromatic rings. The number of aliphatic imine (C=N–C) groups is 1. The summed E-state index contributed by atoms with van der Waals surface area (Å²) in [4.78, 5) is 27.2. The van der Waals surface area contributed by atoms with Crippen LogP contribution in [0.1, 0.15) is 18.9 Å². The number of benzene rings is 2. The Bertz CT molecular complexity index is 1300. The highest BCUT2D eigenvalue weighted by Crippen LogP contribution is 2.32. The number of pyridine rings is 1. The van der Waals surface area contributed by atoms with Gasteiger partial charge in [0.1, 0.15) is 18.4 Å². The van der Waals surface area contributed by atoms with Gasteiger partial charge in [-0.1, -0.05) is 37.3 Å². The van der Waals surface area contributed by atoms with Crippen molar-refractivity contribution in [1.29, 1.82) is 0 Å². The summed E-state index contributed by atoms with van der Waals surface area (Å²) < 4.78 is 5.42. The van der Waals surface area contributed by atoms with Crippen LogP contribution in [0.15, 0.2) is 83.0 Å². The Balaban J connectivity index is 0.00000115. The maximum absolute atomic E-state index is 8.00. The highest BCUT2D eigenvalue weighted by Gasteiger charge is 2.12. The van der Waals surface area contributed by atoms with Gasteiger partial charge in [0.25, 0.3) is 0 Å². The van der Waals surface area contributed by atoms with Gasteiger partial charge in [-0.05, 0) is 43.5 Å². The van der Waals surface area contributed by atoms with Crippen molar-refractivity contribution in [3.8, 4) is 17.1 Å². The number of aliphatic hydroxyl groups excluding tert-OH is 1.